The molecule has 0 radical (unpaired) electrons. The van der Waals surface area contributed by atoms with Crippen LogP contribution in [0.1, 0.15) is 41.8 Å². The highest BCUT2D eigenvalue weighted by Gasteiger charge is 2.24. The Morgan fingerprint density at radius 2 is 2.24 bits per heavy atom. The lowest BCUT2D eigenvalue weighted by Crippen LogP contribution is -2.37. The summed E-state index contributed by atoms with van der Waals surface area (Å²) in [6.45, 7) is 5.91. The van der Waals surface area contributed by atoms with Gasteiger partial charge in [-0.2, -0.15) is 4.98 Å². The lowest BCUT2D eigenvalue weighted by Gasteiger charge is -2.25. The molecular weight excluding hydrogens is 338 g/mol. The molecule has 1 atom stereocenters. The number of benzene rings is 1. The van der Waals surface area contributed by atoms with Crippen molar-refractivity contribution in [1.29, 1.82) is 0 Å². The summed E-state index contributed by atoms with van der Waals surface area (Å²) in [4.78, 5) is 20.0. The van der Waals surface area contributed by atoms with Crippen molar-refractivity contribution in [3.63, 3.8) is 0 Å². The molecule has 1 unspecified atom stereocenters. The van der Waals surface area contributed by atoms with Gasteiger partial charge < -0.3 is 14.2 Å². The Bertz CT molecular complexity index is 713. The summed E-state index contributed by atoms with van der Waals surface area (Å²) in [7, 11) is 0. The van der Waals surface area contributed by atoms with Crippen LogP contribution >= 0.6 is 11.8 Å². The van der Waals surface area contributed by atoms with Crippen LogP contribution in [0.25, 0.3) is 0 Å². The van der Waals surface area contributed by atoms with Crippen LogP contribution in [-0.4, -0.2) is 46.7 Å². The van der Waals surface area contributed by atoms with Gasteiger partial charge in [-0.3, -0.25) is 4.79 Å². The topological polar surface area (TPSA) is 68.5 Å². The van der Waals surface area contributed by atoms with Gasteiger partial charge in [0.15, 0.2) is 5.82 Å². The van der Waals surface area contributed by atoms with Crippen molar-refractivity contribution in [3.05, 3.63) is 41.5 Å². The Labute approximate surface area is 151 Å². The third-order valence-electron chi connectivity index (χ3n) is 4.16. The molecule has 6 nitrogen and oxygen atoms in total. The van der Waals surface area contributed by atoms with Gasteiger partial charge in [0.2, 0.25) is 5.89 Å². The normalized spacial score (nSPS) is 17.0. The van der Waals surface area contributed by atoms with E-state index in [0.717, 1.165) is 24.3 Å². The molecule has 25 heavy (non-hydrogen) atoms. The zero-order valence-corrected chi connectivity index (χ0v) is 15.4. The number of aromatic nitrogens is 2. The average Bonchev–Trinajstić information content (AvgIpc) is 3.29. The summed E-state index contributed by atoms with van der Waals surface area (Å²) >= 11 is 1.54. The van der Waals surface area contributed by atoms with Crippen molar-refractivity contribution in [2.45, 2.75) is 43.4 Å². The highest BCUT2D eigenvalue weighted by Crippen LogP contribution is 2.27. The molecule has 1 aromatic heterocycles. The largest absolute Gasteiger partial charge is 0.376 e. The number of rotatable bonds is 7. The van der Waals surface area contributed by atoms with Crippen LogP contribution in [0, 0.1) is 6.92 Å². The number of hydrogen-bond donors (Lipinski definition) is 0. The van der Waals surface area contributed by atoms with Crippen LogP contribution in [0.5, 0.6) is 0 Å². The molecular formula is C18H23N3O3S. The van der Waals surface area contributed by atoms with Gasteiger partial charge in [0.1, 0.15) is 0 Å². The lowest BCUT2D eigenvalue weighted by atomic mass is 10.1. The summed E-state index contributed by atoms with van der Waals surface area (Å²) in [5, 5.41) is 3.80. The molecule has 1 fully saturated rings. The maximum Gasteiger partial charge on any atom is 0.255 e. The second-order valence-corrected chi connectivity index (χ2v) is 7.02. The molecule has 3 rings (SSSR count). The van der Waals surface area contributed by atoms with E-state index >= 15 is 0 Å². The summed E-state index contributed by atoms with van der Waals surface area (Å²) in [6.07, 6.45) is 2.26. The first-order valence-corrected chi connectivity index (χ1v) is 9.57. The Hall–Kier alpha value is -1.86. The van der Waals surface area contributed by atoms with E-state index in [0.29, 0.717) is 36.1 Å². The van der Waals surface area contributed by atoms with E-state index in [4.69, 9.17) is 9.26 Å². The van der Waals surface area contributed by atoms with E-state index in [9.17, 15) is 4.79 Å². The van der Waals surface area contributed by atoms with E-state index < -0.39 is 0 Å². The van der Waals surface area contributed by atoms with Gasteiger partial charge in [0.05, 0.1) is 17.4 Å². The van der Waals surface area contributed by atoms with Crippen molar-refractivity contribution < 1.29 is 14.1 Å². The number of aryl methyl sites for hydroxylation is 1. The smallest absolute Gasteiger partial charge is 0.255 e. The molecule has 0 saturated carbocycles. The minimum atomic E-state index is 0.0443. The Balaban J connectivity index is 1.70. The van der Waals surface area contributed by atoms with Gasteiger partial charge in [0, 0.05) is 24.6 Å². The van der Waals surface area contributed by atoms with Gasteiger partial charge in [-0.15, -0.1) is 11.8 Å². The van der Waals surface area contributed by atoms with Crippen LogP contribution in [0.15, 0.2) is 33.7 Å². The van der Waals surface area contributed by atoms with Crippen molar-refractivity contribution in [2.75, 3.05) is 19.7 Å². The summed E-state index contributed by atoms with van der Waals surface area (Å²) < 4.78 is 10.8. The van der Waals surface area contributed by atoms with E-state index in [1.54, 1.807) is 6.92 Å². The maximum absolute atomic E-state index is 13.0. The van der Waals surface area contributed by atoms with Crippen molar-refractivity contribution in [3.8, 4) is 0 Å². The first kappa shape index (κ1) is 17.9. The highest BCUT2D eigenvalue weighted by molar-refractivity contribution is 7.98. The number of likely N-dealkylation sites (N-methyl/N-ethyl adjacent to an activating group) is 1. The number of ether oxygens (including phenoxy) is 1. The van der Waals surface area contributed by atoms with E-state index in [2.05, 4.69) is 10.1 Å². The molecule has 1 aliphatic rings. The second kappa shape index (κ2) is 8.49. The standard InChI is InChI=1S/C18H23N3O3S/c1-3-21(11-14-7-6-10-23-14)18(22)15-8-4-5-9-16(15)25-12-17-19-13(2)20-24-17/h4-5,8-9,14H,3,6-7,10-12H2,1-2H3. The Morgan fingerprint density at radius 3 is 2.92 bits per heavy atom. The quantitative estimate of drug-likeness (QED) is 0.705. The third kappa shape index (κ3) is 4.61. The van der Waals surface area contributed by atoms with Crippen LogP contribution < -0.4 is 0 Å². The summed E-state index contributed by atoms with van der Waals surface area (Å²) in [5.74, 6) is 1.77. The second-order valence-electron chi connectivity index (χ2n) is 6.00. The molecule has 1 aromatic carbocycles. The first-order chi connectivity index (χ1) is 12.2. The van der Waals surface area contributed by atoms with Gasteiger partial charge in [-0.25, -0.2) is 0 Å². The minimum Gasteiger partial charge on any atom is -0.376 e. The zero-order chi connectivity index (χ0) is 17.6. The fraction of sp³-hybridized carbons (Fsp3) is 0.500. The molecule has 1 saturated heterocycles. The average molecular weight is 361 g/mol. The minimum absolute atomic E-state index is 0.0443. The molecule has 1 aliphatic heterocycles. The number of amides is 1. The zero-order valence-electron chi connectivity index (χ0n) is 14.6. The maximum atomic E-state index is 13.0. The van der Waals surface area contributed by atoms with E-state index in [1.165, 1.54) is 11.8 Å². The highest BCUT2D eigenvalue weighted by atomic mass is 32.2. The number of nitrogens with zero attached hydrogens (tertiary/aromatic N) is 3. The molecule has 2 aromatic rings. The Morgan fingerprint density at radius 1 is 1.40 bits per heavy atom. The predicted molar refractivity (Wildman–Crippen MR) is 95.6 cm³/mol. The molecule has 0 N–H and O–H groups in total. The van der Waals surface area contributed by atoms with Crippen molar-refractivity contribution in [1.82, 2.24) is 15.0 Å². The lowest BCUT2D eigenvalue weighted by molar-refractivity contribution is 0.0536. The molecule has 7 heteroatoms. The summed E-state index contributed by atoms with van der Waals surface area (Å²) in [6, 6.07) is 7.67. The molecule has 0 bridgehead atoms. The van der Waals surface area contributed by atoms with Crippen molar-refractivity contribution >= 4 is 17.7 Å². The molecule has 2 heterocycles. The number of thioether (sulfide) groups is 1. The third-order valence-corrected chi connectivity index (χ3v) is 5.21. The fourth-order valence-electron chi connectivity index (χ4n) is 2.87. The van der Waals surface area contributed by atoms with Crippen LogP contribution in [-0.2, 0) is 10.5 Å². The van der Waals surface area contributed by atoms with E-state index in [-0.39, 0.29) is 12.0 Å². The monoisotopic (exact) mass is 361 g/mol. The van der Waals surface area contributed by atoms with Gasteiger partial charge >= 0.3 is 0 Å². The van der Waals surface area contributed by atoms with Crippen LogP contribution in [0.4, 0.5) is 0 Å². The molecule has 1 amide bonds. The SMILES string of the molecule is CCN(CC1CCCO1)C(=O)c1ccccc1SCc1nc(C)no1. The van der Waals surface area contributed by atoms with Gasteiger partial charge in [-0.05, 0) is 38.8 Å². The fourth-order valence-corrected chi connectivity index (χ4v) is 3.75. The molecule has 0 spiro atoms. The van der Waals surface area contributed by atoms with E-state index in [1.807, 2.05) is 36.1 Å². The molecule has 0 aliphatic carbocycles. The predicted octanol–water partition coefficient (Wildman–Crippen LogP) is 3.31. The number of hydrogen-bond acceptors (Lipinski definition) is 6. The number of carbonyl (C=O) groups is 1. The summed E-state index contributed by atoms with van der Waals surface area (Å²) in [5.41, 5.74) is 0.712. The number of carbonyl (C=O) groups excluding carboxylic acids is 1. The first-order valence-electron chi connectivity index (χ1n) is 8.59. The van der Waals surface area contributed by atoms with Crippen LogP contribution in [0.3, 0.4) is 0 Å². The van der Waals surface area contributed by atoms with Gasteiger partial charge in [0.25, 0.3) is 5.91 Å². The van der Waals surface area contributed by atoms with Crippen molar-refractivity contribution in [2.24, 2.45) is 0 Å². The Kier molecular flexibility index (Phi) is 6.09. The van der Waals surface area contributed by atoms with Gasteiger partial charge in [-0.1, -0.05) is 17.3 Å². The van der Waals surface area contributed by atoms with Crippen LogP contribution in [0.2, 0.25) is 0 Å². The molecule has 134 valence electrons.